The van der Waals surface area contributed by atoms with Crippen molar-refractivity contribution in [2.24, 2.45) is 11.7 Å². The van der Waals surface area contributed by atoms with E-state index in [2.05, 4.69) is 0 Å². The third kappa shape index (κ3) is 3.69. The summed E-state index contributed by atoms with van der Waals surface area (Å²) in [5, 5.41) is 0. The van der Waals surface area contributed by atoms with E-state index >= 15 is 0 Å². The summed E-state index contributed by atoms with van der Waals surface area (Å²) in [4.78, 5) is 25.9. The molecular formula is C14H24N2O3. The minimum absolute atomic E-state index is 0.0512. The van der Waals surface area contributed by atoms with Crippen molar-refractivity contribution in [3.8, 4) is 0 Å². The van der Waals surface area contributed by atoms with Crippen LogP contribution in [-0.2, 0) is 14.3 Å². The molecule has 0 aromatic carbocycles. The number of nitrogens with two attached hydrogens (primary N) is 1. The van der Waals surface area contributed by atoms with Crippen molar-refractivity contribution >= 4 is 11.9 Å². The van der Waals surface area contributed by atoms with E-state index in [1.54, 1.807) is 11.8 Å². The van der Waals surface area contributed by atoms with Crippen LogP contribution >= 0.6 is 0 Å². The van der Waals surface area contributed by atoms with Gasteiger partial charge in [-0.1, -0.05) is 12.8 Å². The van der Waals surface area contributed by atoms with Gasteiger partial charge in [0.2, 0.25) is 5.91 Å². The quantitative estimate of drug-likeness (QED) is 0.757. The second-order valence-corrected chi connectivity index (χ2v) is 5.56. The summed E-state index contributed by atoms with van der Waals surface area (Å²) in [6.45, 7) is 2.22. The van der Waals surface area contributed by atoms with Crippen LogP contribution < -0.4 is 5.73 Å². The van der Waals surface area contributed by atoms with Gasteiger partial charge in [-0.25, -0.2) is 0 Å². The Morgan fingerprint density at radius 2 is 1.89 bits per heavy atom. The van der Waals surface area contributed by atoms with Crippen molar-refractivity contribution in [3.63, 3.8) is 0 Å². The van der Waals surface area contributed by atoms with Crippen LogP contribution in [0.3, 0.4) is 0 Å². The molecule has 2 aliphatic rings. The average molecular weight is 268 g/mol. The molecule has 2 unspecified atom stereocenters. The van der Waals surface area contributed by atoms with E-state index in [-0.39, 0.29) is 36.4 Å². The monoisotopic (exact) mass is 268 g/mol. The molecule has 0 radical (unpaired) electrons. The largest absolute Gasteiger partial charge is 0.465 e. The molecule has 0 aromatic rings. The van der Waals surface area contributed by atoms with Crippen molar-refractivity contribution in [2.45, 2.75) is 57.5 Å². The number of ether oxygens (including phenoxy) is 1. The lowest BCUT2D eigenvalue weighted by molar-refractivity contribution is -0.151. The van der Waals surface area contributed by atoms with Gasteiger partial charge in [0.15, 0.2) is 0 Å². The highest BCUT2D eigenvalue weighted by molar-refractivity contribution is 5.84. The molecule has 19 heavy (non-hydrogen) atoms. The van der Waals surface area contributed by atoms with Gasteiger partial charge in [0, 0.05) is 12.1 Å². The van der Waals surface area contributed by atoms with Crippen LogP contribution in [0.5, 0.6) is 0 Å². The summed E-state index contributed by atoms with van der Waals surface area (Å²) in [6.07, 6.45) is 5.91. The molecule has 2 aliphatic carbocycles. The zero-order valence-electron chi connectivity index (χ0n) is 11.6. The fourth-order valence-corrected chi connectivity index (χ4v) is 2.80. The van der Waals surface area contributed by atoms with Crippen molar-refractivity contribution in [1.82, 2.24) is 4.90 Å². The Labute approximate surface area is 114 Å². The van der Waals surface area contributed by atoms with Crippen LogP contribution in [0.4, 0.5) is 0 Å². The van der Waals surface area contributed by atoms with Crippen LogP contribution in [0.2, 0.25) is 0 Å². The maximum absolute atomic E-state index is 12.6. The minimum atomic E-state index is -0.313. The molecule has 2 rings (SSSR count). The first-order valence-electron chi connectivity index (χ1n) is 7.35. The zero-order valence-corrected chi connectivity index (χ0v) is 11.6. The maximum atomic E-state index is 12.6. The SMILES string of the molecule is CCOC(=O)CN(C(=O)C1CCCCC1N)C1CC1. The fourth-order valence-electron chi connectivity index (χ4n) is 2.80. The number of nitrogens with zero attached hydrogens (tertiary/aromatic N) is 1. The fraction of sp³-hybridized carbons (Fsp3) is 0.857. The first kappa shape index (κ1) is 14.3. The lowest BCUT2D eigenvalue weighted by Gasteiger charge is -2.32. The predicted molar refractivity (Wildman–Crippen MR) is 71.3 cm³/mol. The number of carbonyl (C=O) groups excluding carboxylic acids is 2. The molecule has 0 aliphatic heterocycles. The Kier molecular flexibility index (Phi) is 4.80. The van der Waals surface area contributed by atoms with E-state index in [1.165, 1.54) is 0 Å². The predicted octanol–water partition coefficient (Wildman–Crippen LogP) is 1.06. The lowest BCUT2D eigenvalue weighted by atomic mass is 9.84. The number of hydrogen-bond acceptors (Lipinski definition) is 4. The van der Waals surface area contributed by atoms with Crippen LogP contribution in [0.1, 0.15) is 45.4 Å². The van der Waals surface area contributed by atoms with Gasteiger partial charge in [-0.15, -0.1) is 0 Å². The van der Waals surface area contributed by atoms with Gasteiger partial charge >= 0.3 is 5.97 Å². The Morgan fingerprint density at radius 3 is 2.47 bits per heavy atom. The van der Waals surface area contributed by atoms with Crippen molar-refractivity contribution < 1.29 is 14.3 Å². The summed E-state index contributed by atoms with van der Waals surface area (Å²) in [5.41, 5.74) is 6.06. The Bertz CT molecular complexity index is 342. The summed E-state index contributed by atoms with van der Waals surface area (Å²) in [7, 11) is 0. The smallest absolute Gasteiger partial charge is 0.325 e. The number of carbonyl (C=O) groups is 2. The number of hydrogen-bond donors (Lipinski definition) is 1. The molecule has 0 spiro atoms. The first-order chi connectivity index (χ1) is 9.13. The molecule has 108 valence electrons. The molecule has 0 saturated heterocycles. The normalized spacial score (nSPS) is 26.8. The molecule has 2 saturated carbocycles. The minimum Gasteiger partial charge on any atom is -0.465 e. The highest BCUT2D eigenvalue weighted by Crippen LogP contribution is 2.31. The summed E-state index contributed by atoms with van der Waals surface area (Å²) in [5.74, 6) is -0.362. The molecule has 1 amide bonds. The van der Waals surface area contributed by atoms with E-state index < -0.39 is 0 Å². The molecule has 5 heteroatoms. The van der Waals surface area contributed by atoms with Crippen molar-refractivity contribution in [3.05, 3.63) is 0 Å². The third-order valence-corrected chi connectivity index (χ3v) is 4.01. The second kappa shape index (κ2) is 6.37. The van der Waals surface area contributed by atoms with Gasteiger partial charge in [-0.3, -0.25) is 9.59 Å². The van der Waals surface area contributed by atoms with E-state index in [4.69, 9.17) is 10.5 Å². The molecular weight excluding hydrogens is 244 g/mol. The van der Waals surface area contributed by atoms with E-state index in [9.17, 15) is 9.59 Å². The maximum Gasteiger partial charge on any atom is 0.325 e. The molecule has 0 bridgehead atoms. The molecule has 0 aromatic heterocycles. The highest BCUT2D eigenvalue weighted by atomic mass is 16.5. The lowest BCUT2D eigenvalue weighted by Crippen LogP contribution is -2.48. The van der Waals surface area contributed by atoms with Crippen molar-refractivity contribution in [1.29, 1.82) is 0 Å². The summed E-state index contributed by atoms with van der Waals surface area (Å²) < 4.78 is 4.95. The number of amides is 1. The van der Waals surface area contributed by atoms with Gasteiger partial charge < -0.3 is 15.4 Å². The topological polar surface area (TPSA) is 72.6 Å². The van der Waals surface area contributed by atoms with Gasteiger partial charge in [0.1, 0.15) is 6.54 Å². The third-order valence-electron chi connectivity index (χ3n) is 4.01. The molecule has 5 nitrogen and oxygen atoms in total. The Hall–Kier alpha value is -1.10. The number of rotatable bonds is 5. The van der Waals surface area contributed by atoms with Crippen LogP contribution in [-0.4, -0.2) is 42.0 Å². The van der Waals surface area contributed by atoms with E-state index in [0.29, 0.717) is 6.61 Å². The number of esters is 1. The van der Waals surface area contributed by atoms with Crippen molar-refractivity contribution in [2.75, 3.05) is 13.2 Å². The second-order valence-electron chi connectivity index (χ2n) is 5.56. The first-order valence-corrected chi connectivity index (χ1v) is 7.35. The van der Waals surface area contributed by atoms with Gasteiger partial charge in [-0.2, -0.15) is 0 Å². The van der Waals surface area contributed by atoms with Crippen LogP contribution in [0, 0.1) is 5.92 Å². The van der Waals surface area contributed by atoms with Crippen LogP contribution in [0.25, 0.3) is 0 Å². The standard InChI is InChI=1S/C14H24N2O3/c1-2-19-13(17)9-16(10-7-8-10)14(18)11-5-3-4-6-12(11)15/h10-12H,2-9,15H2,1H3. The molecule has 2 atom stereocenters. The van der Waals surface area contributed by atoms with Crippen LogP contribution in [0.15, 0.2) is 0 Å². The summed E-state index contributed by atoms with van der Waals surface area (Å²) >= 11 is 0. The molecule has 0 heterocycles. The Morgan fingerprint density at radius 1 is 1.21 bits per heavy atom. The van der Waals surface area contributed by atoms with Gasteiger partial charge in [-0.05, 0) is 32.6 Å². The van der Waals surface area contributed by atoms with E-state index in [0.717, 1.165) is 38.5 Å². The average Bonchev–Trinajstić information content (AvgIpc) is 3.20. The Balaban J connectivity index is 1.97. The summed E-state index contributed by atoms with van der Waals surface area (Å²) in [6, 6.07) is 0.177. The molecule has 2 fully saturated rings. The van der Waals surface area contributed by atoms with E-state index in [1.807, 2.05) is 0 Å². The zero-order chi connectivity index (χ0) is 13.8. The molecule has 2 N–H and O–H groups in total. The highest BCUT2D eigenvalue weighted by Gasteiger charge is 2.39. The van der Waals surface area contributed by atoms with Gasteiger partial charge in [0.05, 0.1) is 12.5 Å². The van der Waals surface area contributed by atoms with Gasteiger partial charge in [0.25, 0.3) is 0 Å².